The van der Waals surface area contributed by atoms with Crippen LogP contribution in [0.1, 0.15) is 5.56 Å². The van der Waals surface area contributed by atoms with Crippen molar-refractivity contribution in [2.45, 2.75) is 6.92 Å². The number of halogens is 2. The van der Waals surface area contributed by atoms with E-state index in [1.165, 1.54) is 4.90 Å². The molecule has 0 aliphatic rings. The molecule has 0 aliphatic heterocycles. The molecule has 21 heavy (non-hydrogen) atoms. The second-order valence-corrected chi connectivity index (χ2v) is 5.33. The van der Waals surface area contributed by atoms with E-state index in [1.807, 2.05) is 31.2 Å². The molecule has 0 aliphatic carbocycles. The van der Waals surface area contributed by atoms with Crippen LogP contribution in [0.4, 0.5) is 10.5 Å². The zero-order valence-corrected chi connectivity index (χ0v) is 13.1. The van der Waals surface area contributed by atoms with Gasteiger partial charge in [0.15, 0.2) is 5.75 Å². The van der Waals surface area contributed by atoms with Crippen molar-refractivity contribution in [3.8, 4) is 5.75 Å². The van der Waals surface area contributed by atoms with E-state index in [0.717, 1.165) is 11.3 Å². The predicted molar refractivity (Wildman–Crippen MR) is 85.2 cm³/mol. The second kappa shape index (κ2) is 6.70. The molecule has 0 fully saturated rings. The molecule has 4 nitrogen and oxygen atoms in total. The van der Waals surface area contributed by atoms with Crippen molar-refractivity contribution >= 4 is 34.9 Å². The van der Waals surface area contributed by atoms with Gasteiger partial charge in [0.2, 0.25) is 0 Å². The number of hydrogen-bond donors (Lipinski definition) is 1. The lowest BCUT2D eigenvalue weighted by Gasteiger charge is -2.19. The van der Waals surface area contributed by atoms with Gasteiger partial charge in [-0.25, -0.2) is 4.79 Å². The maximum absolute atomic E-state index is 12.1. The highest BCUT2D eigenvalue weighted by Crippen LogP contribution is 2.24. The fourth-order valence-corrected chi connectivity index (χ4v) is 2.31. The fraction of sp³-hybridized carbons (Fsp3) is 0.133. The molecule has 0 saturated heterocycles. The van der Waals surface area contributed by atoms with Crippen LogP contribution in [0.2, 0.25) is 10.0 Å². The molecule has 110 valence electrons. The van der Waals surface area contributed by atoms with Crippen molar-refractivity contribution in [2.24, 2.45) is 0 Å². The summed E-state index contributed by atoms with van der Waals surface area (Å²) in [5.74, 6) is 0.360. The van der Waals surface area contributed by atoms with E-state index in [0.29, 0.717) is 15.8 Å². The van der Waals surface area contributed by atoms with E-state index in [9.17, 15) is 4.79 Å². The number of anilines is 1. The molecule has 1 N–H and O–H groups in total. The molecule has 0 saturated carbocycles. The van der Waals surface area contributed by atoms with E-state index in [2.05, 4.69) is 5.48 Å². The molecule has 0 bridgehead atoms. The summed E-state index contributed by atoms with van der Waals surface area (Å²) in [6.45, 7) is 1.93. The first kappa shape index (κ1) is 15.5. The highest BCUT2D eigenvalue weighted by Gasteiger charge is 2.13. The number of carbonyl (C=O) groups excluding carboxylic acids is 1. The molecular formula is C15H14Cl2N2O2. The van der Waals surface area contributed by atoms with Gasteiger partial charge in [-0.1, -0.05) is 41.4 Å². The number of amides is 2. The first-order chi connectivity index (χ1) is 9.97. The average molecular weight is 325 g/mol. The minimum absolute atomic E-state index is 0.360. The summed E-state index contributed by atoms with van der Waals surface area (Å²) >= 11 is 11.7. The van der Waals surface area contributed by atoms with Crippen LogP contribution in [0.5, 0.6) is 5.75 Å². The number of nitrogens with one attached hydrogen (secondary N) is 1. The quantitative estimate of drug-likeness (QED) is 0.848. The lowest BCUT2D eigenvalue weighted by atomic mass is 10.2. The summed E-state index contributed by atoms with van der Waals surface area (Å²) in [6, 6.07) is 11.8. The van der Waals surface area contributed by atoms with E-state index in [1.54, 1.807) is 25.2 Å². The van der Waals surface area contributed by atoms with Gasteiger partial charge in [-0.2, -0.15) is 5.48 Å². The summed E-state index contributed by atoms with van der Waals surface area (Å²) in [6.07, 6.45) is 0. The third-order valence-electron chi connectivity index (χ3n) is 2.87. The summed E-state index contributed by atoms with van der Waals surface area (Å²) in [5.41, 5.74) is 4.13. The molecule has 0 heterocycles. The van der Waals surface area contributed by atoms with Crippen molar-refractivity contribution in [1.29, 1.82) is 0 Å². The number of nitrogens with zero attached hydrogens (tertiary/aromatic N) is 1. The van der Waals surface area contributed by atoms with E-state index in [4.69, 9.17) is 28.0 Å². The summed E-state index contributed by atoms with van der Waals surface area (Å²) in [4.78, 5) is 18.7. The predicted octanol–water partition coefficient (Wildman–Crippen LogP) is 4.44. The van der Waals surface area contributed by atoms with Crippen molar-refractivity contribution in [3.63, 3.8) is 0 Å². The number of hydrogen-bond acceptors (Lipinski definition) is 2. The SMILES string of the molecule is Cc1ccccc1N(C)C(=O)NOc1cc(Cl)cc(Cl)c1. The molecule has 2 aromatic carbocycles. The molecule has 0 radical (unpaired) electrons. The Kier molecular flexibility index (Phi) is 4.94. The van der Waals surface area contributed by atoms with Crippen LogP contribution in [-0.4, -0.2) is 13.1 Å². The Morgan fingerprint density at radius 3 is 2.38 bits per heavy atom. The van der Waals surface area contributed by atoms with Gasteiger partial charge in [0, 0.05) is 34.9 Å². The van der Waals surface area contributed by atoms with Gasteiger partial charge in [-0.3, -0.25) is 4.90 Å². The normalized spacial score (nSPS) is 10.1. The van der Waals surface area contributed by atoms with Gasteiger partial charge in [0.25, 0.3) is 0 Å². The van der Waals surface area contributed by atoms with Crippen LogP contribution < -0.4 is 15.2 Å². The highest BCUT2D eigenvalue weighted by molar-refractivity contribution is 6.34. The van der Waals surface area contributed by atoms with Crippen molar-refractivity contribution < 1.29 is 9.63 Å². The van der Waals surface area contributed by atoms with Crippen LogP contribution in [0, 0.1) is 6.92 Å². The van der Waals surface area contributed by atoms with Gasteiger partial charge in [0.05, 0.1) is 0 Å². The number of hydroxylamine groups is 1. The van der Waals surface area contributed by atoms with Crippen LogP contribution in [0.3, 0.4) is 0 Å². The average Bonchev–Trinajstić information content (AvgIpc) is 2.43. The Labute approximate surface area is 133 Å². The Hall–Kier alpha value is -1.91. The summed E-state index contributed by atoms with van der Waals surface area (Å²) in [7, 11) is 1.66. The van der Waals surface area contributed by atoms with Gasteiger partial charge in [-0.05, 0) is 24.6 Å². The Balaban J connectivity index is 2.03. The monoisotopic (exact) mass is 324 g/mol. The molecule has 0 aromatic heterocycles. The van der Waals surface area contributed by atoms with Gasteiger partial charge >= 0.3 is 6.03 Å². The summed E-state index contributed by atoms with van der Waals surface area (Å²) < 4.78 is 0. The molecule has 2 rings (SSSR count). The van der Waals surface area contributed by atoms with E-state index >= 15 is 0 Å². The molecule has 2 aromatic rings. The largest absolute Gasteiger partial charge is 0.378 e. The molecule has 6 heteroatoms. The van der Waals surface area contributed by atoms with Crippen LogP contribution in [-0.2, 0) is 0 Å². The third-order valence-corrected chi connectivity index (χ3v) is 3.31. The van der Waals surface area contributed by atoms with Gasteiger partial charge in [0.1, 0.15) is 0 Å². The number of aryl methyl sites for hydroxylation is 1. The van der Waals surface area contributed by atoms with E-state index < -0.39 is 6.03 Å². The first-order valence-electron chi connectivity index (χ1n) is 6.19. The maximum Gasteiger partial charge on any atom is 0.354 e. The molecular weight excluding hydrogens is 311 g/mol. The fourth-order valence-electron chi connectivity index (χ4n) is 1.81. The van der Waals surface area contributed by atoms with Gasteiger partial charge in [-0.15, -0.1) is 0 Å². The minimum Gasteiger partial charge on any atom is -0.378 e. The number of benzene rings is 2. The van der Waals surface area contributed by atoms with Crippen LogP contribution >= 0.6 is 23.2 Å². The van der Waals surface area contributed by atoms with Crippen molar-refractivity contribution in [2.75, 3.05) is 11.9 Å². The molecule has 2 amide bonds. The Morgan fingerprint density at radius 2 is 1.76 bits per heavy atom. The minimum atomic E-state index is -0.402. The number of carbonyl (C=O) groups is 1. The second-order valence-electron chi connectivity index (χ2n) is 4.46. The molecule has 0 atom stereocenters. The standard InChI is InChI=1S/C15H14Cl2N2O2/c1-10-5-3-4-6-14(10)19(2)15(20)18-21-13-8-11(16)7-12(17)9-13/h3-9H,1-2H3,(H,18,20). The Morgan fingerprint density at radius 1 is 1.14 bits per heavy atom. The molecule has 0 spiro atoms. The van der Waals surface area contributed by atoms with Crippen LogP contribution in [0.25, 0.3) is 0 Å². The van der Waals surface area contributed by atoms with Gasteiger partial charge < -0.3 is 4.84 Å². The smallest absolute Gasteiger partial charge is 0.354 e. The molecule has 0 unspecified atom stereocenters. The summed E-state index contributed by atoms with van der Waals surface area (Å²) in [5, 5.41) is 0.859. The Bertz CT molecular complexity index is 642. The lowest BCUT2D eigenvalue weighted by Crippen LogP contribution is -2.39. The number of urea groups is 1. The topological polar surface area (TPSA) is 41.6 Å². The third kappa shape index (κ3) is 4.03. The highest BCUT2D eigenvalue weighted by atomic mass is 35.5. The zero-order valence-electron chi connectivity index (χ0n) is 11.6. The van der Waals surface area contributed by atoms with Crippen molar-refractivity contribution in [3.05, 3.63) is 58.1 Å². The van der Waals surface area contributed by atoms with Crippen molar-refractivity contribution in [1.82, 2.24) is 5.48 Å². The van der Waals surface area contributed by atoms with Crippen LogP contribution in [0.15, 0.2) is 42.5 Å². The number of rotatable bonds is 3. The zero-order chi connectivity index (χ0) is 15.4. The number of para-hydroxylation sites is 1. The first-order valence-corrected chi connectivity index (χ1v) is 6.95. The van der Waals surface area contributed by atoms with E-state index in [-0.39, 0.29) is 0 Å². The lowest BCUT2D eigenvalue weighted by molar-refractivity contribution is 0.184. The maximum atomic E-state index is 12.1.